The Balaban J connectivity index is 2.65. The summed E-state index contributed by atoms with van der Waals surface area (Å²) in [6, 6.07) is 2.60. The van der Waals surface area contributed by atoms with Gasteiger partial charge in [0.2, 0.25) is 0 Å². The molecule has 0 heterocycles. The van der Waals surface area contributed by atoms with Crippen LogP contribution in [0, 0.1) is 11.6 Å². The molecule has 0 saturated heterocycles. The van der Waals surface area contributed by atoms with Crippen LogP contribution in [0.1, 0.15) is 10.4 Å². The van der Waals surface area contributed by atoms with E-state index in [9.17, 15) is 26.7 Å². The highest BCUT2D eigenvalue weighted by molar-refractivity contribution is 5.93. The lowest BCUT2D eigenvalue weighted by Gasteiger charge is -2.09. The van der Waals surface area contributed by atoms with Crippen LogP contribution in [0.4, 0.5) is 22.0 Å². The van der Waals surface area contributed by atoms with E-state index in [1.807, 2.05) is 0 Å². The Bertz CT molecular complexity index is 398. The lowest BCUT2D eigenvalue weighted by molar-refractivity contribution is -0.184. The lowest BCUT2D eigenvalue weighted by Crippen LogP contribution is -2.30. The summed E-state index contributed by atoms with van der Waals surface area (Å²) in [6.07, 6.45) is -4.65. The molecule has 1 rings (SSSR count). The zero-order chi connectivity index (χ0) is 13.1. The first kappa shape index (κ1) is 13.4. The van der Waals surface area contributed by atoms with E-state index in [1.165, 1.54) is 5.48 Å². The van der Waals surface area contributed by atoms with E-state index in [4.69, 9.17) is 0 Å². The first-order valence-corrected chi connectivity index (χ1v) is 4.24. The molecule has 0 aliphatic rings. The molecule has 1 N–H and O–H groups in total. The van der Waals surface area contributed by atoms with Gasteiger partial charge in [-0.3, -0.25) is 9.63 Å². The van der Waals surface area contributed by atoms with Gasteiger partial charge in [-0.1, -0.05) is 6.07 Å². The van der Waals surface area contributed by atoms with Gasteiger partial charge in [0.25, 0.3) is 5.91 Å². The Labute approximate surface area is 92.1 Å². The minimum Gasteiger partial charge on any atom is -0.267 e. The largest absolute Gasteiger partial charge is 0.414 e. The maximum atomic E-state index is 13.0. The molecule has 3 nitrogen and oxygen atoms in total. The van der Waals surface area contributed by atoms with Gasteiger partial charge in [0, 0.05) is 0 Å². The van der Waals surface area contributed by atoms with Gasteiger partial charge in [-0.15, -0.1) is 0 Å². The van der Waals surface area contributed by atoms with E-state index in [-0.39, 0.29) is 0 Å². The molecule has 1 aromatic carbocycles. The van der Waals surface area contributed by atoms with Crippen molar-refractivity contribution in [1.82, 2.24) is 5.48 Å². The number of amides is 1. The van der Waals surface area contributed by atoms with Crippen molar-refractivity contribution < 1.29 is 31.6 Å². The average molecular weight is 255 g/mol. The van der Waals surface area contributed by atoms with E-state index in [1.54, 1.807) is 0 Å². The number of nitrogens with one attached hydrogen (secondary N) is 1. The van der Waals surface area contributed by atoms with Crippen molar-refractivity contribution in [2.45, 2.75) is 6.18 Å². The molecule has 94 valence electrons. The molecule has 0 aliphatic carbocycles. The molecule has 0 fully saturated rings. The minimum atomic E-state index is -4.65. The summed E-state index contributed by atoms with van der Waals surface area (Å²) in [6.45, 7) is -1.76. The molecule has 17 heavy (non-hydrogen) atoms. The topological polar surface area (TPSA) is 38.3 Å². The molecule has 8 heteroatoms. The second kappa shape index (κ2) is 5.09. The van der Waals surface area contributed by atoms with E-state index in [2.05, 4.69) is 4.84 Å². The third-order valence-corrected chi connectivity index (χ3v) is 1.59. The van der Waals surface area contributed by atoms with E-state index in [0.717, 1.165) is 18.2 Å². The summed E-state index contributed by atoms with van der Waals surface area (Å²) in [5.41, 5.74) is 0.293. The van der Waals surface area contributed by atoms with Crippen molar-refractivity contribution in [3.05, 3.63) is 35.4 Å². The van der Waals surface area contributed by atoms with Crippen molar-refractivity contribution in [1.29, 1.82) is 0 Å². The molecule has 0 bridgehead atoms. The van der Waals surface area contributed by atoms with Crippen LogP contribution in [0.2, 0.25) is 0 Å². The summed E-state index contributed by atoms with van der Waals surface area (Å²) >= 11 is 0. The number of carbonyl (C=O) groups is 1. The summed E-state index contributed by atoms with van der Waals surface area (Å²) in [5, 5.41) is 0. The minimum absolute atomic E-state index is 0.793. The highest BCUT2D eigenvalue weighted by Gasteiger charge is 2.28. The molecule has 0 spiro atoms. The first-order chi connectivity index (χ1) is 7.81. The number of rotatable bonds is 3. The van der Waals surface area contributed by atoms with E-state index in [0.29, 0.717) is 0 Å². The first-order valence-electron chi connectivity index (χ1n) is 4.24. The fourth-order valence-electron chi connectivity index (χ4n) is 0.949. The Morgan fingerprint density at radius 3 is 2.24 bits per heavy atom. The van der Waals surface area contributed by atoms with Crippen molar-refractivity contribution in [2.75, 3.05) is 6.61 Å². The van der Waals surface area contributed by atoms with Crippen LogP contribution in [-0.4, -0.2) is 18.7 Å². The van der Waals surface area contributed by atoms with Gasteiger partial charge in [-0.25, -0.2) is 14.3 Å². The Morgan fingerprint density at radius 1 is 1.24 bits per heavy atom. The summed E-state index contributed by atoms with van der Waals surface area (Å²) in [7, 11) is 0. The van der Waals surface area contributed by atoms with Crippen LogP contribution in [-0.2, 0) is 4.84 Å². The van der Waals surface area contributed by atoms with Gasteiger partial charge in [0.15, 0.2) is 6.61 Å². The SMILES string of the molecule is O=C(NOCC(F)(F)F)c1c(F)cccc1F. The predicted molar refractivity (Wildman–Crippen MR) is 45.8 cm³/mol. The maximum Gasteiger partial charge on any atom is 0.414 e. The average Bonchev–Trinajstić information content (AvgIpc) is 2.15. The van der Waals surface area contributed by atoms with Crippen LogP contribution >= 0.6 is 0 Å². The van der Waals surface area contributed by atoms with Gasteiger partial charge in [-0.05, 0) is 12.1 Å². The number of hydrogen-bond donors (Lipinski definition) is 1. The third kappa shape index (κ3) is 3.99. The van der Waals surface area contributed by atoms with Crippen molar-refractivity contribution in [2.24, 2.45) is 0 Å². The number of halogens is 5. The molecule has 0 aromatic heterocycles. The summed E-state index contributed by atoms with van der Waals surface area (Å²) in [5.74, 6) is -3.82. The van der Waals surface area contributed by atoms with Crippen LogP contribution < -0.4 is 5.48 Å². The predicted octanol–water partition coefficient (Wildman–Crippen LogP) is 2.19. The molecule has 0 atom stereocenters. The Kier molecular flexibility index (Phi) is 4.00. The highest BCUT2D eigenvalue weighted by Crippen LogP contribution is 2.14. The second-order valence-electron chi connectivity index (χ2n) is 2.93. The van der Waals surface area contributed by atoms with Gasteiger partial charge >= 0.3 is 6.18 Å². The standard InChI is InChI=1S/C9H6F5NO2/c10-5-2-1-3-6(11)7(5)8(16)15-17-4-9(12,13)14/h1-3H,4H2,(H,15,16). The summed E-state index contributed by atoms with van der Waals surface area (Å²) < 4.78 is 60.9. The monoisotopic (exact) mass is 255 g/mol. The Hall–Kier alpha value is -1.70. The summed E-state index contributed by atoms with van der Waals surface area (Å²) in [4.78, 5) is 14.9. The quantitative estimate of drug-likeness (QED) is 0.664. The van der Waals surface area contributed by atoms with E-state index >= 15 is 0 Å². The van der Waals surface area contributed by atoms with Crippen molar-refractivity contribution >= 4 is 5.91 Å². The normalized spacial score (nSPS) is 11.4. The maximum absolute atomic E-state index is 13.0. The molecular formula is C9H6F5NO2. The van der Waals surface area contributed by atoms with Gasteiger partial charge in [-0.2, -0.15) is 13.2 Å². The van der Waals surface area contributed by atoms with Crippen LogP contribution in [0.15, 0.2) is 18.2 Å². The van der Waals surface area contributed by atoms with Crippen LogP contribution in [0.3, 0.4) is 0 Å². The fourth-order valence-corrected chi connectivity index (χ4v) is 0.949. The van der Waals surface area contributed by atoms with Gasteiger partial charge < -0.3 is 0 Å². The molecule has 1 aromatic rings. The molecule has 0 unspecified atom stereocenters. The van der Waals surface area contributed by atoms with Crippen molar-refractivity contribution in [3.63, 3.8) is 0 Å². The number of carbonyl (C=O) groups excluding carboxylic acids is 1. The number of hydrogen-bond acceptors (Lipinski definition) is 2. The molecule has 0 radical (unpaired) electrons. The van der Waals surface area contributed by atoms with Crippen molar-refractivity contribution in [3.8, 4) is 0 Å². The zero-order valence-electron chi connectivity index (χ0n) is 8.15. The number of hydroxylamine groups is 1. The highest BCUT2D eigenvalue weighted by atomic mass is 19.4. The molecule has 0 aliphatic heterocycles. The smallest absolute Gasteiger partial charge is 0.267 e. The fraction of sp³-hybridized carbons (Fsp3) is 0.222. The lowest BCUT2D eigenvalue weighted by atomic mass is 10.2. The zero-order valence-corrected chi connectivity index (χ0v) is 8.15. The molecule has 1 amide bonds. The third-order valence-electron chi connectivity index (χ3n) is 1.59. The number of benzene rings is 1. The van der Waals surface area contributed by atoms with Gasteiger partial charge in [0.1, 0.15) is 17.2 Å². The van der Waals surface area contributed by atoms with Gasteiger partial charge in [0.05, 0.1) is 0 Å². The van der Waals surface area contributed by atoms with Crippen LogP contribution in [0.25, 0.3) is 0 Å². The number of alkyl halides is 3. The van der Waals surface area contributed by atoms with Crippen LogP contribution in [0.5, 0.6) is 0 Å². The molecular weight excluding hydrogens is 249 g/mol. The molecule has 0 saturated carbocycles. The second-order valence-corrected chi connectivity index (χ2v) is 2.93. The Morgan fingerprint density at radius 2 is 1.76 bits per heavy atom. The van der Waals surface area contributed by atoms with E-state index < -0.39 is 35.9 Å².